The number of carbonyl (C=O) groups is 1. The zero-order valence-corrected chi connectivity index (χ0v) is 13.8. The third-order valence-corrected chi connectivity index (χ3v) is 4.21. The normalized spacial score (nSPS) is 11.1. The number of nitrogens with one attached hydrogen (secondary N) is 2. The van der Waals surface area contributed by atoms with Crippen LogP contribution >= 0.6 is 27.5 Å². The fourth-order valence-electron chi connectivity index (χ4n) is 2.12. The standard InChI is InChI=1S/C15H6BrClF4N2O/c16-9-10(18)12(20)14(13(21)11(9)19)23-15(24)8-4-5-3-6(17)1-2-7(5)22-8/h1-4,22H,(H,23,24). The molecule has 3 nitrogen and oxygen atoms in total. The van der Waals surface area contributed by atoms with E-state index in [2.05, 4.69) is 20.9 Å². The van der Waals surface area contributed by atoms with Gasteiger partial charge in [-0.1, -0.05) is 11.6 Å². The summed E-state index contributed by atoms with van der Waals surface area (Å²) in [5.41, 5.74) is -0.719. The van der Waals surface area contributed by atoms with Crippen LogP contribution in [0.25, 0.3) is 10.9 Å². The quantitative estimate of drug-likeness (QED) is 0.325. The lowest BCUT2D eigenvalue weighted by atomic mass is 10.2. The van der Waals surface area contributed by atoms with Crippen molar-refractivity contribution in [3.8, 4) is 0 Å². The van der Waals surface area contributed by atoms with Crippen LogP contribution < -0.4 is 5.32 Å². The van der Waals surface area contributed by atoms with E-state index in [1.165, 1.54) is 6.07 Å². The Morgan fingerprint density at radius 2 is 1.67 bits per heavy atom. The van der Waals surface area contributed by atoms with E-state index in [1.54, 1.807) is 18.2 Å². The molecule has 1 heterocycles. The van der Waals surface area contributed by atoms with Gasteiger partial charge in [0.1, 0.15) is 11.4 Å². The van der Waals surface area contributed by atoms with Gasteiger partial charge in [0, 0.05) is 15.9 Å². The zero-order chi connectivity index (χ0) is 17.6. The number of H-pyrrole nitrogens is 1. The lowest BCUT2D eigenvalue weighted by Crippen LogP contribution is -2.16. The van der Waals surface area contributed by atoms with Crippen molar-refractivity contribution in [2.45, 2.75) is 0 Å². The van der Waals surface area contributed by atoms with E-state index >= 15 is 0 Å². The Hall–Kier alpha value is -2.06. The molecule has 3 aromatic rings. The van der Waals surface area contributed by atoms with E-state index in [0.717, 1.165) is 0 Å². The van der Waals surface area contributed by atoms with Crippen LogP contribution in [0.3, 0.4) is 0 Å². The third-order valence-electron chi connectivity index (χ3n) is 3.28. The second-order valence-electron chi connectivity index (χ2n) is 4.81. The SMILES string of the molecule is O=C(Nc1c(F)c(F)c(Br)c(F)c1F)c1cc2cc(Cl)ccc2[nH]1. The molecule has 0 aliphatic rings. The summed E-state index contributed by atoms with van der Waals surface area (Å²) in [7, 11) is 0. The first kappa shape index (κ1) is 16.8. The van der Waals surface area contributed by atoms with Gasteiger partial charge < -0.3 is 10.3 Å². The molecule has 1 amide bonds. The molecule has 0 fully saturated rings. The van der Waals surface area contributed by atoms with Crippen LogP contribution in [-0.4, -0.2) is 10.9 Å². The predicted octanol–water partition coefficient (Wildman–Crippen LogP) is 5.39. The molecular formula is C15H6BrClF4N2O. The van der Waals surface area contributed by atoms with Crippen LogP contribution in [0, 0.1) is 23.3 Å². The number of amides is 1. The number of carbonyl (C=O) groups excluding carboxylic acids is 1. The van der Waals surface area contributed by atoms with Gasteiger partial charge in [0.15, 0.2) is 23.3 Å². The number of hydrogen-bond donors (Lipinski definition) is 2. The van der Waals surface area contributed by atoms with Gasteiger partial charge in [-0.25, -0.2) is 17.6 Å². The number of rotatable bonds is 2. The number of halogens is 6. The van der Waals surface area contributed by atoms with Crippen molar-refractivity contribution >= 4 is 50.0 Å². The van der Waals surface area contributed by atoms with Gasteiger partial charge in [0.25, 0.3) is 5.91 Å². The second-order valence-corrected chi connectivity index (χ2v) is 6.04. The molecule has 124 valence electrons. The minimum atomic E-state index is -1.71. The Balaban J connectivity index is 2.00. The highest BCUT2D eigenvalue weighted by molar-refractivity contribution is 9.10. The highest BCUT2D eigenvalue weighted by atomic mass is 79.9. The molecule has 9 heteroatoms. The summed E-state index contributed by atoms with van der Waals surface area (Å²) >= 11 is 8.22. The lowest BCUT2D eigenvalue weighted by Gasteiger charge is -2.09. The predicted molar refractivity (Wildman–Crippen MR) is 85.2 cm³/mol. The van der Waals surface area contributed by atoms with Gasteiger partial charge >= 0.3 is 0 Å². The van der Waals surface area contributed by atoms with E-state index in [-0.39, 0.29) is 5.69 Å². The molecule has 0 spiro atoms. The van der Waals surface area contributed by atoms with Crippen molar-refractivity contribution in [2.75, 3.05) is 5.32 Å². The zero-order valence-electron chi connectivity index (χ0n) is 11.5. The number of aromatic amines is 1. The molecule has 0 aliphatic heterocycles. The van der Waals surface area contributed by atoms with Gasteiger partial charge in [-0.05, 0) is 40.2 Å². The van der Waals surface area contributed by atoms with E-state index in [1.807, 2.05) is 5.32 Å². The van der Waals surface area contributed by atoms with Crippen molar-refractivity contribution in [1.29, 1.82) is 0 Å². The molecule has 0 saturated heterocycles. The number of benzene rings is 2. The minimum absolute atomic E-state index is 0.0604. The fourth-order valence-corrected chi connectivity index (χ4v) is 2.65. The molecule has 0 saturated carbocycles. The Labute approximate surface area is 145 Å². The first-order chi connectivity index (χ1) is 11.3. The Bertz CT molecular complexity index is 960. The summed E-state index contributed by atoms with van der Waals surface area (Å²) in [6.07, 6.45) is 0. The molecule has 0 bridgehead atoms. The van der Waals surface area contributed by atoms with E-state index in [4.69, 9.17) is 11.6 Å². The molecule has 2 aromatic carbocycles. The highest BCUT2D eigenvalue weighted by Gasteiger charge is 2.26. The summed E-state index contributed by atoms with van der Waals surface area (Å²) in [5.74, 6) is -7.69. The van der Waals surface area contributed by atoms with Crippen molar-refractivity contribution in [3.05, 3.63) is 62.7 Å². The van der Waals surface area contributed by atoms with Crippen molar-refractivity contribution in [3.63, 3.8) is 0 Å². The first-order valence-electron chi connectivity index (χ1n) is 6.40. The highest BCUT2D eigenvalue weighted by Crippen LogP contribution is 2.31. The third kappa shape index (κ3) is 2.76. The Kier molecular flexibility index (Phi) is 4.27. The van der Waals surface area contributed by atoms with Gasteiger partial charge in [-0.2, -0.15) is 0 Å². The van der Waals surface area contributed by atoms with Gasteiger partial charge in [0.05, 0.1) is 4.47 Å². The molecule has 1 aromatic heterocycles. The van der Waals surface area contributed by atoms with Crippen LogP contribution in [0.15, 0.2) is 28.7 Å². The molecule has 0 radical (unpaired) electrons. The average Bonchev–Trinajstić information content (AvgIpc) is 2.98. The molecular weight excluding hydrogens is 416 g/mol. The maximum Gasteiger partial charge on any atom is 0.272 e. The van der Waals surface area contributed by atoms with Gasteiger partial charge in [-0.15, -0.1) is 0 Å². The lowest BCUT2D eigenvalue weighted by molar-refractivity contribution is 0.102. The first-order valence-corrected chi connectivity index (χ1v) is 7.57. The molecule has 24 heavy (non-hydrogen) atoms. The maximum atomic E-state index is 13.8. The number of hydrogen-bond acceptors (Lipinski definition) is 1. The maximum absolute atomic E-state index is 13.8. The average molecular weight is 422 g/mol. The molecule has 0 aliphatic carbocycles. The molecule has 0 atom stereocenters. The summed E-state index contributed by atoms with van der Waals surface area (Å²) in [5, 5.41) is 2.84. The van der Waals surface area contributed by atoms with E-state index < -0.39 is 39.3 Å². The van der Waals surface area contributed by atoms with Crippen LogP contribution in [0.2, 0.25) is 5.02 Å². The van der Waals surface area contributed by atoms with Gasteiger partial charge in [0.2, 0.25) is 0 Å². The van der Waals surface area contributed by atoms with Crippen LogP contribution in [-0.2, 0) is 0 Å². The van der Waals surface area contributed by atoms with Crippen LogP contribution in [0.4, 0.5) is 23.2 Å². The minimum Gasteiger partial charge on any atom is -0.351 e. The van der Waals surface area contributed by atoms with Crippen LogP contribution in [0.1, 0.15) is 10.5 Å². The van der Waals surface area contributed by atoms with E-state index in [0.29, 0.717) is 15.9 Å². The fraction of sp³-hybridized carbons (Fsp3) is 0. The Morgan fingerprint density at radius 1 is 1.04 bits per heavy atom. The summed E-state index contributed by atoms with van der Waals surface area (Å²) < 4.78 is 53.6. The largest absolute Gasteiger partial charge is 0.351 e. The summed E-state index contributed by atoms with van der Waals surface area (Å²) in [4.78, 5) is 14.8. The molecule has 3 rings (SSSR count). The van der Waals surface area contributed by atoms with Gasteiger partial charge in [-0.3, -0.25) is 4.79 Å². The smallest absolute Gasteiger partial charge is 0.272 e. The van der Waals surface area contributed by atoms with Crippen LogP contribution in [0.5, 0.6) is 0 Å². The topological polar surface area (TPSA) is 44.9 Å². The Morgan fingerprint density at radius 3 is 2.29 bits per heavy atom. The second kappa shape index (κ2) is 6.10. The van der Waals surface area contributed by atoms with Crippen molar-refractivity contribution in [1.82, 2.24) is 4.98 Å². The molecule has 2 N–H and O–H groups in total. The van der Waals surface area contributed by atoms with Crippen molar-refractivity contribution < 1.29 is 22.4 Å². The van der Waals surface area contributed by atoms with E-state index in [9.17, 15) is 22.4 Å². The monoisotopic (exact) mass is 420 g/mol. The number of fused-ring (bicyclic) bond motifs is 1. The summed E-state index contributed by atoms with van der Waals surface area (Å²) in [6, 6.07) is 6.15. The summed E-state index contributed by atoms with van der Waals surface area (Å²) in [6.45, 7) is 0. The number of anilines is 1. The number of aromatic nitrogens is 1. The molecule has 0 unspecified atom stereocenters. The van der Waals surface area contributed by atoms with Crippen molar-refractivity contribution in [2.24, 2.45) is 0 Å².